The SMILES string of the molecule is Cc1cccc(N2CC(C(=O)NCC#N)CC2=O)c1. The molecule has 0 aromatic heterocycles. The van der Waals surface area contributed by atoms with Crippen molar-refractivity contribution in [1.29, 1.82) is 5.26 Å². The van der Waals surface area contributed by atoms with E-state index in [0.717, 1.165) is 11.3 Å². The van der Waals surface area contributed by atoms with Crippen molar-refractivity contribution in [1.82, 2.24) is 5.32 Å². The van der Waals surface area contributed by atoms with Gasteiger partial charge in [0.2, 0.25) is 11.8 Å². The highest BCUT2D eigenvalue weighted by Crippen LogP contribution is 2.25. The molecule has 1 saturated heterocycles. The van der Waals surface area contributed by atoms with E-state index < -0.39 is 0 Å². The summed E-state index contributed by atoms with van der Waals surface area (Å²) < 4.78 is 0. The van der Waals surface area contributed by atoms with Gasteiger partial charge >= 0.3 is 0 Å². The maximum Gasteiger partial charge on any atom is 0.227 e. The van der Waals surface area contributed by atoms with Crippen molar-refractivity contribution in [2.24, 2.45) is 5.92 Å². The third-order valence-corrected chi connectivity index (χ3v) is 3.15. The highest BCUT2D eigenvalue weighted by molar-refractivity contribution is 6.00. The Morgan fingerprint density at radius 2 is 2.37 bits per heavy atom. The number of hydrogen-bond acceptors (Lipinski definition) is 3. The summed E-state index contributed by atoms with van der Waals surface area (Å²) in [4.78, 5) is 25.3. The number of anilines is 1. The van der Waals surface area contributed by atoms with Gasteiger partial charge in [0, 0.05) is 18.7 Å². The third kappa shape index (κ3) is 2.91. The fourth-order valence-electron chi connectivity index (χ4n) is 2.20. The van der Waals surface area contributed by atoms with E-state index in [1.807, 2.05) is 37.3 Å². The number of nitriles is 1. The normalized spacial score (nSPS) is 18.2. The van der Waals surface area contributed by atoms with Crippen LogP contribution in [-0.4, -0.2) is 24.9 Å². The topological polar surface area (TPSA) is 73.2 Å². The van der Waals surface area contributed by atoms with Crippen LogP contribution in [0.1, 0.15) is 12.0 Å². The van der Waals surface area contributed by atoms with Crippen LogP contribution >= 0.6 is 0 Å². The highest BCUT2D eigenvalue weighted by atomic mass is 16.2. The Balaban J connectivity index is 2.08. The molecule has 1 aromatic rings. The lowest BCUT2D eigenvalue weighted by Gasteiger charge is -2.17. The number of nitrogens with one attached hydrogen (secondary N) is 1. The Labute approximate surface area is 111 Å². The smallest absolute Gasteiger partial charge is 0.227 e. The van der Waals surface area contributed by atoms with Crippen molar-refractivity contribution in [2.75, 3.05) is 18.0 Å². The second kappa shape index (κ2) is 5.53. The molecule has 5 heteroatoms. The molecule has 0 aliphatic carbocycles. The van der Waals surface area contributed by atoms with Gasteiger partial charge in [-0.15, -0.1) is 0 Å². The maximum atomic E-state index is 12.0. The van der Waals surface area contributed by atoms with Crippen molar-refractivity contribution < 1.29 is 9.59 Å². The van der Waals surface area contributed by atoms with Crippen LogP contribution in [0.5, 0.6) is 0 Å². The van der Waals surface area contributed by atoms with Gasteiger partial charge in [0.1, 0.15) is 6.54 Å². The molecule has 0 radical (unpaired) electrons. The maximum absolute atomic E-state index is 12.0. The Bertz CT molecular complexity index is 548. The minimum absolute atomic E-state index is 0.0199. The summed E-state index contributed by atoms with van der Waals surface area (Å²) in [5, 5.41) is 10.9. The number of amides is 2. The van der Waals surface area contributed by atoms with Crippen LogP contribution in [0.3, 0.4) is 0 Å². The first-order chi connectivity index (χ1) is 9.11. The highest BCUT2D eigenvalue weighted by Gasteiger charge is 2.34. The monoisotopic (exact) mass is 257 g/mol. The first kappa shape index (κ1) is 13.1. The van der Waals surface area contributed by atoms with Crippen LogP contribution in [0.4, 0.5) is 5.69 Å². The Kier molecular flexibility index (Phi) is 3.81. The molecule has 1 unspecified atom stereocenters. The fraction of sp³-hybridized carbons (Fsp3) is 0.357. The Hall–Kier alpha value is -2.35. The number of rotatable bonds is 3. The molecular weight excluding hydrogens is 242 g/mol. The molecule has 1 atom stereocenters. The second-order valence-electron chi connectivity index (χ2n) is 4.62. The standard InChI is InChI=1S/C14H15N3O2/c1-10-3-2-4-12(7-10)17-9-11(8-13(17)18)14(19)16-6-5-15/h2-4,7,11H,6,8-9H2,1H3,(H,16,19). The van der Waals surface area contributed by atoms with Crippen molar-refractivity contribution in [3.05, 3.63) is 29.8 Å². The van der Waals surface area contributed by atoms with Crippen LogP contribution in [-0.2, 0) is 9.59 Å². The van der Waals surface area contributed by atoms with Crippen molar-refractivity contribution in [3.63, 3.8) is 0 Å². The van der Waals surface area contributed by atoms with Gasteiger partial charge in [-0.2, -0.15) is 5.26 Å². The predicted molar refractivity (Wildman–Crippen MR) is 70.3 cm³/mol. The lowest BCUT2D eigenvalue weighted by atomic mass is 10.1. The van der Waals surface area contributed by atoms with Crippen molar-refractivity contribution >= 4 is 17.5 Å². The van der Waals surface area contributed by atoms with E-state index in [0.29, 0.717) is 6.54 Å². The first-order valence-electron chi connectivity index (χ1n) is 6.13. The van der Waals surface area contributed by atoms with Gasteiger partial charge in [0.15, 0.2) is 0 Å². The summed E-state index contributed by atoms with van der Waals surface area (Å²) in [6, 6.07) is 9.49. The number of aryl methyl sites for hydroxylation is 1. The molecule has 1 heterocycles. The molecule has 1 fully saturated rings. The predicted octanol–water partition coefficient (Wildman–Crippen LogP) is 0.988. The molecule has 1 aliphatic rings. The molecule has 98 valence electrons. The van der Waals surface area contributed by atoms with E-state index in [2.05, 4.69) is 5.32 Å². The number of carbonyl (C=O) groups excluding carboxylic acids is 2. The van der Waals surface area contributed by atoms with Crippen molar-refractivity contribution in [2.45, 2.75) is 13.3 Å². The summed E-state index contributed by atoms with van der Waals surface area (Å²) in [6.07, 6.45) is 0.200. The van der Waals surface area contributed by atoms with Gasteiger partial charge in [0.05, 0.1) is 12.0 Å². The fourth-order valence-corrected chi connectivity index (χ4v) is 2.20. The molecule has 2 amide bonds. The van der Waals surface area contributed by atoms with E-state index in [4.69, 9.17) is 5.26 Å². The molecular formula is C14H15N3O2. The van der Waals surface area contributed by atoms with Crippen LogP contribution < -0.4 is 10.2 Å². The molecule has 19 heavy (non-hydrogen) atoms. The van der Waals surface area contributed by atoms with Gasteiger partial charge in [-0.3, -0.25) is 9.59 Å². The number of hydrogen-bond donors (Lipinski definition) is 1. The summed E-state index contributed by atoms with van der Waals surface area (Å²) in [7, 11) is 0. The first-order valence-corrected chi connectivity index (χ1v) is 6.13. The second-order valence-corrected chi connectivity index (χ2v) is 4.62. The largest absolute Gasteiger partial charge is 0.343 e. The summed E-state index contributed by atoms with van der Waals surface area (Å²) in [5.74, 6) is -0.658. The average Bonchev–Trinajstić information content (AvgIpc) is 2.78. The van der Waals surface area contributed by atoms with E-state index >= 15 is 0 Å². The zero-order valence-electron chi connectivity index (χ0n) is 10.7. The number of nitrogens with zero attached hydrogens (tertiary/aromatic N) is 2. The van der Waals surface area contributed by atoms with Crippen molar-refractivity contribution in [3.8, 4) is 6.07 Å². The molecule has 5 nitrogen and oxygen atoms in total. The quantitative estimate of drug-likeness (QED) is 0.820. The molecule has 2 rings (SSSR count). The molecule has 0 bridgehead atoms. The zero-order chi connectivity index (χ0) is 13.8. The number of carbonyl (C=O) groups is 2. The van der Waals surface area contributed by atoms with Gasteiger partial charge in [0.25, 0.3) is 0 Å². The minimum atomic E-state index is -0.374. The van der Waals surface area contributed by atoms with Gasteiger partial charge in [-0.05, 0) is 24.6 Å². The van der Waals surface area contributed by atoms with Crippen LogP contribution in [0.2, 0.25) is 0 Å². The summed E-state index contributed by atoms with van der Waals surface area (Å²) in [6.45, 7) is 2.31. The van der Waals surface area contributed by atoms with E-state index in [1.165, 1.54) is 0 Å². The Morgan fingerprint density at radius 1 is 1.58 bits per heavy atom. The van der Waals surface area contributed by atoms with E-state index in [1.54, 1.807) is 4.90 Å². The molecule has 1 N–H and O–H groups in total. The zero-order valence-corrected chi connectivity index (χ0v) is 10.7. The van der Waals surface area contributed by atoms with Gasteiger partial charge in [-0.25, -0.2) is 0 Å². The number of benzene rings is 1. The van der Waals surface area contributed by atoms with Gasteiger partial charge < -0.3 is 10.2 Å². The molecule has 1 aliphatic heterocycles. The summed E-state index contributed by atoms with van der Waals surface area (Å²) >= 11 is 0. The van der Waals surface area contributed by atoms with Crippen LogP contribution in [0.25, 0.3) is 0 Å². The third-order valence-electron chi connectivity index (χ3n) is 3.15. The molecule has 0 spiro atoms. The lowest BCUT2D eigenvalue weighted by molar-refractivity contribution is -0.126. The molecule has 1 aromatic carbocycles. The minimum Gasteiger partial charge on any atom is -0.343 e. The van der Waals surface area contributed by atoms with Gasteiger partial charge in [-0.1, -0.05) is 12.1 Å². The molecule has 0 saturated carbocycles. The Morgan fingerprint density at radius 3 is 3.05 bits per heavy atom. The lowest BCUT2D eigenvalue weighted by Crippen LogP contribution is -2.33. The summed E-state index contributed by atoms with van der Waals surface area (Å²) in [5.41, 5.74) is 1.89. The van der Waals surface area contributed by atoms with Crippen LogP contribution in [0.15, 0.2) is 24.3 Å². The average molecular weight is 257 g/mol. The van der Waals surface area contributed by atoms with E-state index in [9.17, 15) is 9.59 Å². The van der Waals surface area contributed by atoms with Crippen LogP contribution in [0, 0.1) is 24.2 Å². The van der Waals surface area contributed by atoms with E-state index in [-0.39, 0.29) is 30.7 Å².